The van der Waals surface area contributed by atoms with Gasteiger partial charge in [-0.05, 0) is 25.0 Å². The molecule has 13 heteroatoms. The second kappa shape index (κ2) is 9.60. The van der Waals surface area contributed by atoms with Gasteiger partial charge in [0.05, 0.1) is 22.7 Å². The van der Waals surface area contributed by atoms with E-state index in [1.54, 1.807) is 18.2 Å². The van der Waals surface area contributed by atoms with Crippen molar-refractivity contribution < 1.29 is 27.8 Å². The number of aliphatic hydroxyl groups is 1. The number of aliphatic hydroxyl groups excluding tert-OH is 1. The van der Waals surface area contributed by atoms with E-state index in [9.17, 15) is 23.1 Å². The van der Waals surface area contributed by atoms with Gasteiger partial charge in [-0.3, -0.25) is 4.79 Å². The van der Waals surface area contributed by atoms with Crippen LogP contribution in [0.25, 0.3) is 0 Å². The fourth-order valence-electron chi connectivity index (χ4n) is 3.40. The van der Waals surface area contributed by atoms with Crippen LogP contribution in [0.2, 0.25) is 10.0 Å². The molecule has 0 unspecified atom stereocenters. The zero-order valence-corrected chi connectivity index (χ0v) is 17.7. The van der Waals surface area contributed by atoms with E-state index in [0.717, 1.165) is 0 Å². The van der Waals surface area contributed by atoms with Crippen molar-refractivity contribution in [2.45, 2.75) is 37.8 Å². The molecule has 1 aromatic carbocycles. The lowest BCUT2D eigenvalue weighted by molar-refractivity contribution is -0.145. The average Bonchev–Trinajstić information content (AvgIpc) is 3.10. The molecule has 2 aromatic rings. The van der Waals surface area contributed by atoms with Crippen LogP contribution in [0.15, 0.2) is 18.2 Å². The van der Waals surface area contributed by atoms with Crippen molar-refractivity contribution in [3.05, 3.63) is 39.6 Å². The van der Waals surface area contributed by atoms with Crippen molar-refractivity contribution in [3.63, 3.8) is 0 Å². The number of alkyl halides is 3. The molecule has 0 saturated carbocycles. The van der Waals surface area contributed by atoms with E-state index < -0.39 is 36.1 Å². The lowest BCUT2D eigenvalue weighted by Gasteiger charge is -2.33. The van der Waals surface area contributed by atoms with Gasteiger partial charge in [0, 0.05) is 25.7 Å². The van der Waals surface area contributed by atoms with Gasteiger partial charge in [-0.15, -0.1) is 5.10 Å². The number of hydrogen-bond acceptors (Lipinski definition) is 6. The molecule has 8 nitrogen and oxygen atoms in total. The van der Waals surface area contributed by atoms with Crippen LogP contribution in [-0.2, 0) is 12.7 Å². The minimum atomic E-state index is -4.88. The molecule has 1 amide bonds. The number of nitrogens with zero attached hydrogens (tertiary/aromatic N) is 4. The van der Waals surface area contributed by atoms with Crippen LogP contribution >= 0.6 is 23.2 Å². The Hall–Kier alpha value is -2.08. The number of carbonyl (C=O) groups is 1. The van der Waals surface area contributed by atoms with Gasteiger partial charge in [-0.2, -0.15) is 13.2 Å². The summed E-state index contributed by atoms with van der Waals surface area (Å²) in [5, 5.41) is 17.6. The van der Waals surface area contributed by atoms with Crippen molar-refractivity contribution in [2.75, 3.05) is 19.6 Å². The van der Waals surface area contributed by atoms with Crippen molar-refractivity contribution in [3.8, 4) is 5.75 Å². The van der Waals surface area contributed by atoms with Gasteiger partial charge in [0.2, 0.25) is 0 Å². The van der Waals surface area contributed by atoms with Crippen LogP contribution in [0.5, 0.6) is 5.75 Å². The maximum absolute atomic E-state index is 13.3. The average molecular weight is 482 g/mol. The number of piperidine rings is 1. The summed E-state index contributed by atoms with van der Waals surface area (Å²) in [6, 6.07) is 5.01. The molecular formula is C18H20Cl2F3N5O3. The molecule has 170 valence electrons. The van der Waals surface area contributed by atoms with Gasteiger partial charge in [-0.25, -0.2) is 4.68 Å². The number of halogens is 5. The Morgan fingerprint density at radius 3 is 2.52 bits per heavy atom. The van der Waals surface area contributed by atoms with Crippen LogP contribution in [0, 0.1) is 0 Å². The molecule has 1 aliphatic heterocycles. The first-order valence-corrected chi connectivity index (χ1v) is 10.1. The van der Waals surface area contributed by atoms with Crippen LogP contribution < -0.4 is 10.5 Å². The summed E-state index contributed by atoms with van der Waals surface area (Å²) in [6.45, 7) is 0.815. The summed E-state index contributed by atoms with van der Waals surface area (Å²) in [4.78, 5) is 13.1. The number of β-amino-alcohol motifs (C(OH)–C–C–N with tert-alkyl or cyclic N) is 1. The fourth-order valence-corrected chi connectivity index (χ4v) is 3.68. The van der Waals surface area contributed by atoms with E-state index in [1.165, 1.54) is 0 Å². The van der Waals surface area contributed by atoms with Gasteiger partial charge in [0.15, 0.2) is 11.4 Å². The monoisotopic (exact) mass is 481 g/mol. The van der Waals surface area contributed by atoms with Gasteiger partial charge in [0.25, 0.3) is 5.91 Å². The topological polar surface area (TPSA) is 107 Å². The van der Waals surface area contributed by atoms with E-state index in [0.29, 0.717) is 46.4 Å². The number of likely N-dealkylation sites (tertiary alicyclic amines) is 1. The SMILES string of the molecule is NC(=O)c1nnn(C[C@H](O)CN2CCC(Oc3ccc(Cl)c(Cl)c3)CC2)c1C(F)(F)F. The summed E-state index contributed by atoms with van der Waals surface area (Å²) >= 11 is 11.9. The summed E-state index contributed by atoms with van der Waals surface area (Å²) in [5.74, 6) is -0.735. The molecule has 1 saturated heterocycles. The van der Waals surface area contributed by atoms with E-state index in [1.807, 2.05) is 4.90 Å². The number of carbonyl (C=O) groups excluding carboxylic acids is 1. The minimum Gasteiger partial charge on any atom is -0.490 e. The molecule has 3 N–H and O–H groups in total. The third-order valence-electron chi connectivity index (χ3n) is 4.82. The minimum absolute atomic E-state index is 0.0593. The Balaban J connectivity index is 1.53. The quantitative estimate of drug-likeness (QED) is 0.629. The molecule has 0 aliphatic carbocycles. The molecular weight excluding hydrogens is 462 g/mol. The predicted octanol–water partition coefficient (Wildman–Crippen LogP) is 2.61. The number of benzene rings is 1. The second-order valence-electron chi connectivity index (χ2n) is 7.18. The Morgan fingerprint density at radius 2 is 1.94 bits per heavy atom. The molecule has 1 fully saturated rings. The van der Waals surface area contributed by atoms with Crippen LogP contribution in [-0.4, -0.2) is 62.7 Å². The fraction of sp³-hybridized carbons (Fsp3) is 0.500. The Labute approximate surface area is 185 Å². The number of amides is 1. The molecule has 0 radical (unpaired) electrons. The third-order valence-corrected chi connectivity index (χ3v) is 5.56. The van der Waals surface area contributed by atoms with Crippen molar-refractivity contribution >= 4 is 29.1 Å². The van der Waals surface area contributed by atoms with E-state index in [4.69, 9.17) is 33.7 Å². The van der Waals surface area contributed by atoms with Gasteiger partial charge >= 0.3 is 6.18 Å². The molecule has 0 bridgehead atoms. The van der Waals surface area contributed by atoms with Gasteiger partial charge < -0.3 is 20.5 Å². The Bertz CT molecular complexity index is 933. The highest BCUT2D eigenvalue weighted by Crippen LogP contribution is 2.31. The second-order valence-corrected chi connectivity index (χ2v) is 7.99. The summed E-state index contributed by atoms with van der Waals surface area (Å²) in [7, 11) is 0. The molecule has 31 heavy (non-hydrogen) atoms. The zero-order valence-electron chi connectivity index (χ0n) is 16.1. The van der Waals surface area contributed by atoms with Crippen LogP contribution in [0.3, 0.4) is 0 Å². The number of aromatic nitrogens is 3. The Morgan fingerprint density at radius 1 is 1.26 bits per heavy atom. The lowest BCUT2D eigenvalue weighted by Crippen LogP contribution is -2.43. The van der Waals surface area contributed by atoms with Gasteiger partial charge in [-0.1, -0.05) is 28.4 Å². The molecule has 1 aromatic heterocycles. The maximum Gasteiger partial charge on any atom is 0.435 e. The van der Waals surface area contributed by atoms with Gasteiger partial charge in [0.1, 0.15) is 11.9 Å². The summed E-state index contributed by atoms with van der Waals surface area (Å²) < 4.78 is 46.1. The normalized spacial score (nSPS) is 17.0. The summed E-state index contributed by atoms with van der Waals surface area (Å²) in [6.07, 6.45) is -4.77. The molecule has 2 heterocycles. The molecule has 1 aliphatic rings. The van der Waals surface area contributed by atoms with E-state index >= 15 is 0 Å². The van der Waals surface area contributed by atoms with Crippen molar-refractivity contribution in [1.82, 2.24) is 19.9 Å². The highest BCUT2D eigenvalue weighted by Gasteiger charge is 2.41. The predicted molar refractivity (Wildman–Crippen MR) is 106 cm³/mol. The standard InChI is InChI=1S/C18H20Cl2F3N5O3/c19-13-2-1-12(7-14(13)20)31-11-3-5-27(6-4-11)8-10(29)9-28-16(18(21,22)23)15(17(24)30)25-26-28/h1-2,7,10-11,29H,3-6,8-9H2,(H2,24,30)/t10-/m1/s1. The first kappa shape index (κ1) is 23.6. The zero-order chi connectivity index (χ0) is 22.8. The maximum atomic E-state index is 13.3. The number of hydrogen-bond donors (Lipinski definition) is 2. The molecule has 3 rings (SSSR count). The highest BCUT2D eigenvalue weighted by molar-refractivity contribution is 6.42. The highest BCUT2D eigenvalue weighted by atomic mass is 35.5. The third kappa shape index (κ3) is 6.00. The van der Waals surface area contributed by atoms with Crippen LogP contribution in [0.4, 0.5) is 13.2 Å². The van der Waals surface area contributed by atoms with E-state index in [-0.39, 0.29) is 12.6 Å². The van der Waals surface area contributed by atoms with Crippen LogP contribution in [0.1, 0.15) is 29.0 Å². The number of ether oxygens (including phenoxy) is 1. The Kier molecular flexibility index (Phi) is 7.30. The largest absolute Gasteiger partial charge is 0.490 e. The van der Waals surface area contributed by atoms with Crippen molar-refractivity contribution in [2.24, 2.45) is 5.73 Å². The molecule has 0 spiro atoms. The first-order valence-electron chi connectivity index (χ1n) is 9.37. The molecule has 1 atom stereocenters. The first-order chi connectivity index (χ1) is 14.5. The van der Waals surface area contributed by atoms with Crippen molar-refractivity contribution in [1.29, 1.82) is 0 Å². The summed E-state index contributed by atoms with van der Waals surface area (Å²) in [5.41, 5.74) is 2.60. The smallest absolute Gasteiger partial charge is 0.435 e. The number of rotatable bonds is 7. The lowest BCUT2D eigenvalue weighted by atomic mass is 10.1. The van der Waals surface area contributed by atoms with E-state index in [2.05, 4.69) is 10.3 Å². The number of nitrogens with two attached hydrogens (primary N) is 1. The number of primary amides is 1.